The van der Waals surface area contributed by atoms with Crippen LogP contribution in [0.5, 0.6) is 0 Å². The molecule has 1 heterocycles. The van der Waals surface area contributed by atoms with Crippen LogP contribution in [0.15, 0.2) is 217 Å². The first-order chi connectivity index (χ1) is 26.3. The molecule has 9 rings (SSSR count). The maximum atomic E-state index is 6.24. The molecule has 0 N–H and O–H groups in total. The lowest BCUT2D eigenvalue weighted by atomic mass is 10.0. The van der Waals surface area contributed by atoms with E-state index in [1.165, 1.54) is 0 Å². The maximum absolute atomic E-state index is 6.24. The molecule has 0 saturated carbocycles. The van der Waals surface area contributed by atoms with Crippen LogP contribution < -0.4 is 9.80 Å². The molecule has 4 heteroatoms. The minimum absolute atomic E-state index is 0.608. The zero-order chi connectivity index (χ0) is 35.4. The van der Waals surface area contributed by atoms with Gasteiger partial charge in [0.2, 0.25) is 5.89 Å². The third kappa shape index (κ3) is 6.58. The van der Waals surface area contributed by atoms with E-state index in [1.54, 1.807) is 0 Å². The summed E-state index contributed by atoms with van der Waals surface area (Å²) >= 11 is 0. The SMILES string of the molecule is c1ccc(N(c2ccccc2)c2ccc(-c3ccc(-c4nc5cc(-c6ccc(N(c7ccccc7)c7ccccc7)cc6)ccc5o4)cc3)cc2)cc1. The Morgan fingerprint density at radius 2 is 0.623 bits per heavy atom. The maximum Gasteiger partial charge on any atom is 0.227 e. The molecule has 0 saturated heterocycles. The van der Waals surface area contributed by atoms with Gasteiger partial charge in [-0.1, -0.05) is 115 Å². The molecule has 9 aromatic rings. The normalized spacial score (nSPS) is 11.0. The molecule has 0 fully saturated rings. The average Bonchev–Trinajstić information content (AvgIpc) is 3.67. The summed E-state index contributed by atoms with van der Waals surface area (Å²) in [6.45, 7) is 0. The van der Waals surface area contributed by atoms with Gasteiger partial charge >= 0.3 is 0 Å². The van der Waals surface area contributed by atoms with Gasteiger partial charge in [0.15, 0.2) is 5.58 Å². The van der Waals surface area contributed by atoms with E-state index >= 15 is 0 Å². The van der Waals surface area contributed by atoms with Crippen molar-refractivity contribution in [3.05, 3.63) is 212 Å². The number of hydrogen-bond acceptors (Lipinski definition) is 4. The molecule has 0 aliphatic rings. The van der Waals surface area contributed by atoms with E-state index in [4.69, 9.17) is 9.40 Å². The predicted octanol–water partition coefficient (Wildman–Crippen LogP) is 13.8. The van der Waals surface area contributed by atoms with Crippen molar-refractivity contribution in [2.45, 2.75) is 0 Å². The van der Waals surface area contributed by atoms with Crippen LogP contribution >= 0.6 is 0 Å². The van der Waals surface area contributed by atoms with Crippen molar-refractivity contribution in [2.24, 2.45) is 0 Å². The van der Waals surface area contributed by atoms with Crippen molar-refractivity contribution in [2.75, 3.05) is 9.80 Å². The quantitative estimate of drug-likeness (QED) is 0.152. The largest absolute Gasteiger partial charge is 0.436 e. The number of rotatable bonds is 9. The van der Waals surface area contributed by atoms with E-state index < -0.39 is 0 Å². The zero-order valence-electron chi connectivity index (χ0n) is 29.0. The molecular formula is C49H35N3O. The zero-order valence-corrected chi connectivity index (χ0v) is 29.0. The fourth-order valence-electron chi connectivity index (χ4n) is 6.84. The molecule has 0 aliphatic heterocycles. The van der Waals surface area contributed by atoms with Crippen molar-refractivity contribution in [1.29, 1.82) is 0 Å². The van der Waals surface area contributed by atoms with Crippen molar-refractivity contribution in [1.82, 2.24) is 4.98 Å². The number of fused-ring (bicyclic) bond motifs is 1. The highest BCUT2D eigenvalue weighted by Crippen LogP contribution is 2.38. The Balaban J connectivity index is 0.943. The topological polar surface area (TPSA) is 32.5 Å². The van der Waals surface area contributed by atoms with E-state index in [9.17, 15) is 0 Å². The van der Waals surface area contributed by atoms with Gasteiger partial charge < -0.3 is 14.2 Å². The molecule has 4 nitrogen and oxygen atoms in total. The van der Waals surface area contributed by atoms with Crippen LogP contribution in [0, 0.1) is 0 Å². The Morgan fingerprint density at radius 3 is 1.04 bits per heavy atom. The molecule has 252 valence electrons. The summed E-state index contributed by atoms with van der Waals surface area (Å²) in [5.41, 5.74) is 13.7. The summed E-state index contributed by atoms with van der Waals surface area (Å²) in [6.07, 6.45) is 0. The minimum Gasteiger partial charge on any atom is -0.436 e. The highest BCUT2D eigenvalue weighted by atomic mass is 16.3. The fraction of sp³-hybridized carbons (Fsp3) is 0. The number of para-hydroxylation sites is 4. The van der Waals surface area contributed by atoms with Crippen molar-refractivity contribution in [3.8, 4) is 33.7 Å². The smallest absolute Gasteiger partial charge is 0.227 e. The monoisotopic (exact) mass is 681 g/mol. The highest BCUT2D eigenvalue weighted by molar-refractivity contribution is 5.84. The molecular weight excluding hydrogens is 647 g/mol. The van der Waals surface area contributed by atoms with Crippen LogP contribution in [0.2, 0.25) is 0 Å². The summed E-state index contributed by atoms with van der Waals surface area (Å²) in [5, 5.41) is 0. The third-order valence-corrected chi connectivity index (χ3v) is 9.49. The molecule has 53 heavy (non-hydrogen) atoms. The Labute approximate surface area is 309 Å². The number of hydrogen-bond donors (Lipinski definition) is 0. The first-order valence-corrected chi connectivity index (χ1v) is 17.8. The molecule has 8 aromatic carbocycles. The number of anilines is 6. The highest BCUT2D eigenvalue weighted by Gasteiger charge is 2.15. The van der Waals surface area contributed by atoms with Crippen molar-refractivity contribution in [3.63, 3.8) is 0 Å². The lowest BCUT2D eigenvalue weighted by molar-refractivity contribution is 0.620. The van der Waals surface area contributed by atoms with Crippen LogP contribution in [0.4, 0.5) is 34.1 Å². The van der Waals surface area contributed by atoms with Gasteiger partial charge in [0.25, 0.3) is 0 Å². The number of benzene rings is 8. The summed E-state index contributed by atoms with van der Waals surface area (Å²) < 4.78 is 6.24. The van der Waals surface area contributed by atoms with Gasteiger partial charge in [-0.15, -0.1) is 0 Å². The van der Waals surface area contributed by atoms with Crippen LogP contribution in [-0.2, 0) is 0 Å². The van der Waals surface area contributed by atoms with Crippen LogP contribution in [0.3, 0.4) is 0 Å². The van der Waals surface area contributed by atoms with E-state index in [1.807, 2.05) is 30.3 Å². The summed E-state index contributed by atoms with van der Waals surface area (Å²) in [6, 6.07) is 73.9. The molecule has 0 bridgehead atoms. The summed E-state index contributed by atoms with van der Waals surface area (Å²) in [4.78, 5) is 9.44. The van der Waals surface area contributed by atoms with E-state index in [0.29, 0.717) is 5.89 Å². The molecule has 0 radical (unpaired) electrons. The van der Waals surface area contributed by atoms with Gasteiger partial charge in [-0.2, -0.15) is 0 Å². The van der Waals surface area contributed by atoms with Gasteiger partial charge in [0, 0.05) is 39.7 Å². The lowest BCUT2D eigenvalue weighted by Crippen LogP contribution is -2.09. The Morgan fingerprint density at radius 1 is 0.302 bits per heavy atom. The molecule has 0 spiro atoms. The van der Waals surface area contributed by atoms with Gasteiger partial charge in [-0.3, -0.25) is 0 Å². The Hall–Kier alpha value is -7.17. The lowest BCUT2D eigenvalue weighted by Gasteiger charge is -2.25. The Kier molecular flexibility index (Phi) is 8.53. The first-order valence-electron chi connectivity index (χ1n) is 17.8. The van der Waals surface area contributed by atoms with E-state index in [0.717, 1.165) is 73.0 Å². The van der Waals surface area contributed by atoms with Crippen molar-refractivity contribution < 1.29 is 4.42 Å². The Bertz CT molecular complexity index is 2490. The van der Waals surface area contributed by atoms with Gasteiger partial charge in [0.1, 0.15) is 5.52 Å². The van der Waals surface area contributed by atoms with E-state index in [-0.39, 0.29) is 0 Å². The molecule has 0 unspecified atom stereocenters. The van der Waals surface area contributed by atoms with Gasteiger partial charge in [0.05, 0.1) is 0 Å². The number of aromatic nitrogens is 1. The summed E-state index contributed by atoms with van der Waals surface area (Å²) in [7, 11) is 0. The molecule has 1 aromatic heterocycles. The number of oxazole rings is 1. The second-order valence-electron chi connectivity index (χ2n) is 12.9. The van der Waals surface area contributed by atoms with Crippen LogP contribution in [-0.4, -0.2) is 4.98 Å². The molecule has 0 amide bonds. The average molecular weight is 682 g/mol. The fourth-order valence-corrected chi connectivity index (χ4v) is 6.84. The molecule has 0 atom stereocenters. The van der Waals surface area contributed by atoms with Gasteiger partial charge in [-0.05, 0) is 119 Å². The van der Waals surface area contributed by atoms with Crippen LogP contribution in [0.1, 0.15) is 0 Å². The predicted molar refractivity (Wildman–Crippen MR) is 220 cm³/mol. The van der Waals surface area contributed by atoms with E-state index in [2.05, 4.69) is 192 Å². The van der Waals surface area contributed by atoms with Gasteiger partial charge in [-0.25, -0.2) is 4.98 Å². The first kappa shape index (κ1) is 31.8. The second-order valence-corrected chi connectivity index (χ2v) is 12.9. The summed E-state index contributed by atoms with van der Waals surface area (Å²) in [5.74, 6) is 0.608. The second kappa shape index (κ2) is 14.2. The molecule has 0 aliphatic carbocycles. The minimum atomic E-state index is 0.608. The number of nitrogens with zero attached hydrogens (tertiary/aromatic N) is 3. The third-order valence-electron chi connectivity index (χ3n) is 9.49. The van der Waals surface area contributed by atoms with Crippen LogP contribution in [0.25, 0.3) is 44.8 Å². The standard InChI is InChI=1S/C49H35N3O/c1-5-13-41(14-6-1)51(42-15-7-2-8-16-42)45-30-25-37(26-31-45)36-21-23-39(24-22-36)49-50-47-35-40(29-34-48(47)53-49)38-27-32-46(33-28-38)52(43-17-9-3-10-18-43)44-19-11-4-12-20-44/h1-35H. The van der Waals surface area contributed by atoms with Crippen molar-refractivity contribution >= 4 is 45.2 Å².